The highest BCUT2D eigenvalue weighted by Crippen LogP contribution is 2.34. The summed E-state index contributed by atoms with van der Waals surface area (Å²) in [5.74, 6) is 2.01. The monoisotopic (exact) mass is 535 g/mol. The van der Waals surface area contributed by atoms with Gasteiger partial charge in [-0.05, 0) is 60.4 Å². The Bertz CT molecular complexity index is 1460. The Kier molecular flexibility index (Phi) is 7.34. The Morgan fingerprint density at radius 2 is 1.30 bits per heavy atom. The first-order valence-corrected chi connectivity index (χ1v) is 14.5. The van der Waals surface area contributed by atoms with Crippen LogP contribution in [0.2, 0.25) is 0 Å². The number of nitrogens with zero attached hydrogens (tertiary/aromatic N) is 4. The Hall–Kier alpha value is -3.69. The van der Waals surface area contributed by atoms with Crippen molar-refractivity contribution in [2.45, 2.75) is 57.7 Å². The van der Waals surface area contributed by atoms with E-state index >= 15 is 0 Å². The quantitative estimate of drug-likeness (QED) is 0.303. The molecule has 206 valence electrons. The maximum absolute atomic E-state index is 12.9. The molecule has 0 saturated carbocycles. The SMILES string of the molecule is BN1CCC[C@@H]1c1ncc(-c2ccc(-c3ccc(-c4cnc([C@@H]5CCCN5C(=O)[C@H](N)C(C)C)[nH]4)cc3)cc2)[nH]1. The Morgan fingerprint density at radius 1 is 0.825 bits per heavy atom. The smallest absolute Gasteiger partial charge is 0.240 e. The van der Waals surface area contributed by atoms with Crippen LogP contribution in [0.1, 0.15) is 63.3 Å². The molecule has 4 heterocycles. The van der Waals surface area contributed by atoms with Crippen molar-refractivity contribution in [1.29, 1.82) is 0 Å². The predicted octanol–water partition coefficient (Wildman–Crippen LogP) is 4.47. The van der Waals surface area contributed by atoms with E-state index in [1.165, 1.54) is 6.42 Å². The summed E-state index contributed by atoms with van der Waals surface area (Å²) in [7, 11) is 2.17. The summed E-state index contributed by atoms with van der Waals surface area (Å²) >= 11 is 0. The molecule has 0 radical (unpaired) electrons. The van der Waals surface area contributed by atoms with Gasteiger partial charge in [-0.1, -0.05) is 62.4 Å². The lowest BCUT2D eigenvalue weighted by Gasteiger charge is -2.27. The molecule has 2 aliphatic rings. The van der Waals surface area contributed by atoms with E-state index in [1.807, 2.05) is 31.1 Å². The highest BCUT2D eigenvalue weighted by atomic mass is 16.2. The molecule has 2 saturated heterocycles. The lowest BCUT2D eigenvalue weighted by atomic mass is 10.0. The molecule has 0 aliphatic carbocycles. The van der Waals surface area contributed by atoms with Gasteiger partial charge in [-0.3, -0.25) is 4.79 Å². The molecule has 2 aromatic heterocycles. The minimum atomic E-state index is -0.479. The summed E-state index contributed by atoms with van der Waals surface area (Å²) in [5, 5.41) is 0. The van der Waals surface area contributed by atoms with Crippen molar-refractivity contribution >= 4 is 13.9 Å². The second kappa shape index (κ2) is 11.1. The van der Waals surface area contributed by atoms with E-state index in [4.69, 9.17) is 5.73 Å². The summed E-state index contributed by atoms with van der Waals surface area (Å²) in [5.41, 5.74) is 12.7. The van der Waals surface area contributed by atoms with Gasteiger partial charge >= 0.3 is 0 Å². The van der Waals surface area contributed by atoms with Crippen molar-refractivity contribution in [2.75, 3.05) is 13.1 Å². The summed E-state index contributed by atoms with van der Waals surface area (Å²) in [6, 6.07) is 17.0. The molecule has 40 heavy (non-hydrogen) atoms. The van der Waals surface area contributed by atoms with Gasteiger partial charge in [-0.25, -0.2) is 9.97 Å². The molecule has 2 aromatic carbocycles. The van der Waals surface area contributed by atoms with Crippen molar-refractivity contribution in [3.8, 4) is 33.6 Å². The molecule has 0 bridgehead atoms. The lowest BCUT2D eigenvalue weighted by Crippen LogP contribution is -2.46. The molecule has 1 amide bonds. The first-order valence-electron chi connectivity index (χ1n) is 14.5. The van der Waals surface area contributed by atoms with Crippen LogP contribution in [0.3, 0.4) is 0 Å². The zero-order valence-corrected chi connectivity index (χ0v) is 23.6. The Balaban J connectivity index is 1.14. The average molecular weight is 536 g/mol. The van der Waals surface area contributed by atoms with Gasteiger partial charge in [0, 0.05) is 6.54 Å². The number of rotatable bonds is 7. The molecule has 0 unspecified atom stereocenters. The molecule has 9 heteroatoms. The molecule has 2 fully saturated rings. The minimum absolute atomic E-state index is 0.0141. The summed E-state index contributed by atoms with van der Waals surface area (Å²) < 4.78 is 0. The molecule has 0 spiro atoms. The number of nitrogens with one attached hydrogen (secondary N) is 2. The number of aromatic nitrogens is 4. The fourth-order valence-corrected chi connectivity index (χ4v) is 6.04. The second-order valence-corrected chi connectivity index (χ2v) is 11.6. The van der Waals surface area contributed by atoms with Gasteiger partial charge < -0.3 is 25.4 Å². The third-order valence-corrected chi connectivity index (χ3v) is 8.61. The lowest BCUT2D eigenvalue weighted by molar-refractivity contribution is -0.134. The van der Waals surface area contributed by atoms with E-state index in [-0.39, 0.29) is 17.9 Å². The van der Waals surface area contributed by atoms with Crippen molar-refractivity contribution in [1.82, 2.24) is 29.6 Å². The number of likely N-dealkylation sites (tertiary alicyclic amines) is 1. The van der Waals surface area contributed by atoms with Gasteiger partial charge in [0.05, 0.1) is 41.9 Å². The normalized spacial score (nSPS) is 20.4. The highest BCUT2D eigenvalue weighted by molar-refractivity contribution is 6.04. The highest BCUT2D eigenvalue weighted by Gasteiger charge is 2.35. The zero-order valence-electron chi connectivity index (χ0n) is 23.6. The molecule has 3 atom stereocenters. The van der Waals surface area contributed by atoms with Crippen LogP contribution in [0.5, 0.6) is 0 Å². The van der Waals surface area contributed by atoms with Crippen LogP contribution in [-0.4, -0.2) is 62.7 Å². The van der Waals surface area contributed by atoms with E-state index in [2.05, 4.69) is 81.3 Å². The second-order valence-electron chi connectivity index (χ2n) is 11.6. The van der Waals surface area contributed by atoms with Crippen LogP contribution in [0, 0.1) is 5.92 Å². The molecule has 4 N–H and O–H groups in total. The van der Waals surface area contributed by atoms with E-state index in [9.17, 15) is 4.79 Å². The van der Waals surface area contributed by atoms with E-state index in [0.29, 0.717) is 6.04 Å². The number of nitrogens with two attached hydrogens (primary N) is 1. The zero-order chi connectivity index (χ0) is 27.8. The van der Waals surface area contributed by atoms with Crippen molar-refractivity contribution < 1.29 is 4.79 Å². The number of H-pyrrole nitrogens is 2. The van der Waals surface area contributed by atoms with Gasteiger partial charge in [-0.15, -0.1) is 0 Å². The number of imidazole rings is 2. The van der Waals surface area contributed by atoms with E-state index in [0.717, 1.165) is 77.6 Å². The van der Waals surface area contributed by atoms with Crippen molar-refractivity contribution in [3.63, 3.8) is 0 Å². The molecular weight excluding hydrogens is 497 g/mol. The summed E-state index contributed by atoms with van der Waals surface area (Å²) in [6.45, 7) is 5.83. The fourth-order valence-electron chi connectivity index (χ4n) is 6.04. The Labute approximate surface area is 236 Å². The third kappa shape index (κ3) is 5.11. The maximum Gasteiger partial charge on any atom is 0.240 e. The van der Waals surface area contributed by atoms with Gasteiger partial charge in [0.25, 0.3) is 0 Å². The molecular formula is C31H38BN7O. The summed E-state index contributed by atoms with van der Waals surface area (Å²) in [6.07, 6.45) is 8.05. The van der Waals surface area contributed by atoms with Crippen LogP contribution >= 0.6 is 0 Å². The number of hydrogen-bond acceptors (Lipinski definition) is 5. The van der Waals surface area contributed by atoms with Crippen LogP contribution in [-0.2, 0) is 4.79 Å². The predicted molar refractivity (Wildman–Crippen MR) is 161 cm³/mol. The number of carbonyl (C=O) groups excluding carboxylic acids is 1. The minimum Gasteiger partial charge on any atom is -0.341 e. The van der Waals surface area contributed by atoms with Crippen LogP contribution in [0.4, 0.5) is 0 Å². The van der Waals surface area contributed by atoms with Crippen LogP contribution in [0.25, 0.3) is 33.6 Å². The Morgan fingerprint density at radius 3 is 1.80 bits per heavy atom. The van der Waals surface area contributed by atoms with Crippen molar-refractivity contribution in [3.05, 3.63) is 72.6 Å². The molecule has 4 aromatic rings. The summed E-state index contributed by atoms with van der Waals surface area (Å²) in [4.78, 5) is 33.6. The van der Waals surface area contributed by atoms with Gasteiger partial charge in [-0.2, -0.15) is 0 Å². The first kappa shape index (κ1) is 26.5. The van der Waals surface area contributed by atoms with Gasteiger partial charge in [0.15, 0.2) is 7.98 Å². The maximum atomic E-state index is 12.9. The number of benzene rings is 2. The van der Waals surface area contributed by atoms with Gasteiger partial charge in [0.1, 0.15) is 11.6 Å². The van der Waals surface area contributed by atoms with Crippen molar-refractivity contribution in [2.24, 2.45) is 11.7 Å². The first-order chi connectivity index (χ1) is 19.4. The largest absolute Gasteiger partial charge is 0.341 e. The number of amides is 1. The fraction of sp³-hybridized carbons (Fsp3) is 0.387. The van der Waals surface area contributed by atoms with Gasteiger partial charge in [0.2, 0.25) is 5.91 Å². The third-order valence-electron chi connectivity index (χ3n) is 8.61. The molecule has 8 nitrogen and oxygen atoms in total. The van der Waals surface area contributed by atoms with Crippen LogP contribution in [0.15, 0.2) is 60.9 Å². The standard InChI is InChI=1S/C31H38BN7O/c1-19(2)28(33)31(40)38-15-3-5-26(38)29-34-17-24(36-29)22-11-7-20(8-12-22)21-9-13-23(14-10-21)25-18-35-30(37-25)27-6-4-16-39(27)32/h7-14,17-19,26-28H,3-6,15-16,32-33H2,1-2H3,(H,34,36)(H,35,37)/t26-,27+,28+/m0/s1. The average Bonchev–Trinajstić information content (AvgIpc) is 3.78. The molecule has 6 rings (SSSR count). The topological polar surface area (TPSA) is 107 Å². The number of hydrogen-bond donors (Lipinski definition) is 3. The van der Waals surface area contributed by atoms with E-state index < -0.39 is 6.04 Å². The number of aromatic amines is 2. The van der Waals surface area contributed by atoms with Crippen LogP contribution < -0.4 is 5.73 Å². The van der Waals surface area contributed by atoms with E-state index in [1.54, 1.807) is 0 Å². The number of carbonyl (C=O) groups is 1. The molecule has 2 aliphatic heterocycles.